The number of amides is 3. The minimum absolute atomic E-state index is 0.0908. The number of aryl methyl sites for hydroxylation is 1. The summed E-state index contributed by atoms with van der Waals surface area (Å²) in [5.41, 5.74) is 2.04. The summed E-state index contributed by atoms with van der Waals surface area (Å²) in [5.74, 6) is -0.619. The zero-order chi connectivity index (χ0) is 20.5. The number of aromatic nitrogens is 2. The van der Waals surface area contributed by atoms with Crippen LogP contribution < -0.4 is 10.1 Å². The number of methoxy groups -OCH3 is 1. The highest BCUT2D eigenvalue weighted by Crippen LogP contribution is 2.28. The van der Waals surface area contributed by atoms with Crippen LogP contribution >= 0.6 is 0 Å². The summed E-state index contributed by atoms with van der Waals surface area (Å²) in [6, 6.07) is 11.7. The quantitative estimate of drug-likeness (QED) is 0.676. The standard InChI is InChI=1S/C21H18N4O4/c1-24-12-15(10-22-24)23-19(26)13-7-8-16-17(9-13)21(28)25(20(16)27)11-14-5-3-4-6-18(14)29-2/h3-10,12H,11H2,1-2H3,(H,23,26). The third-order valence-electron chi connectivity index (χ3n) is 4.72. The molecule has 4 rings (SSSR count). The van der Waals surface area contributed by atoms with Crippen molar-refractivity contribution in [2.75, 3.05) is 12.4 Å². The van der Waals surface area contributed by atoms with Crippen molar-refractivity contribution < 1.29 is 19.1 Å². The van der Waals surface area contributed by atoms with E-state index in [9.17, 15) is 14.4 Å². The van der Waals surface area contributed by atoms with E-state index in [1.165, 1.54) is 31.5 Å². The molecule has 29 heavy (non-hydrogen) atoms. The Morgan fingerprint density at radius 2 is 1.86 bits per heavy atom. The fraction of sp³-hybridized carbons (Fsp3) is 0.143. The largest absolute Gasteiger partial charge is 0.496 e. The van der Waals surface area contributed by atoms with Crippen molar-refractivity contribution in [2.24, 2.45) is 7.05 Å². The molecule has 8 heteroatoms. The van der Waals surface area contributed by atoms with E-state index in [1.807, 2.05) is 12.1 Å². The van der Waals surface area contributed by atoms with Gasteiger partial charge in [0.25, 0.3) is 17.7 Å². The topological polar surface area (TPSA) is 93.5 Å². The average molecular weight is 390 g/mol. The minimum Gasteiger partial charge on any atom is -0.496 e. The van der Waals surface area contributed by atoms with Crippen molar-refractivity contribution in [3.05, 3.63) is 77.1 Å². The van der Waals surface area contributed by atoms with Crippen molar-refractivity contribution in [2.45, 2.75) is 6.54 Å². The molecule has 146 valence electrons. The van der Waals surface area contributed by atoms with Crippen LogP contribution in [0.15, 0.2) is 54.9 Å². The smallest absolute Gasteiger partial charge is 0.261 e. The summed E-state index contributed by atoms with van der Waals surface area (Å²) >= 11 is 0. The minimum atomic E-state index is -0.438. The summed E-state index contributed by atoms with van der Waals surface area (Å²) in [6.07, 6.45) is 3.18. The summed E-state index contributed by atoms with van der Waals surface area (Å²) in [4.78, 5) is 39.3. The molecule has 3 aromatic rings. The number of imide groups is 1. The van der Waals surface area contributed by atoms with Gasteiger partial charge in [0.1, 0.15) is 5.75 Å². The van der Waals surface area contributed by atoms with E-state index in [2.05, 4.69) is 10.4 Å². The molecule has 0 unspecified atom stereocenters. The van der Waals surface area contributed by atoms with E-state index < -0.39 is 11.8 Å². The lowest BCUT2D eigenvalue weighted by Gasteiger charge is -2.15. The van der Waals surface area contributed by atoms with Gasteiger partial charge in [0.05, 0.1) is 36.7 Å². The van der Waals surface area contributed by atoms with Gasteiger partial charge in [-0.1, -0.05) is 18.2 Å². The fourth-order valence-electron chi connectivity index (χ4n) is 3.27. The van der Waals surface area contributed by atoms with E-state index in [0.29, 0.717) is 11.4 Å². The highest BCUT2D eigenvalue weighted by atomic mass is 16.5. The number of para-hydroxylation sites is 1. The Balaban J connectivity index is 1.58. The highest BCUT2D eigenvalue weighted by molar-refractivity contribution is 6.22. The second-order valence-electron chi connectivity index (χ2n) is 6.63. The lowest BCUT2D eigenvalue weighted by molar-refractivity contribution is 0.0641. The molecule has 8 nitrogen and oxygen atoms in total. The zero-order valence-corrected chi connectivity index (χ0v) is 15.9. The predicted molar refractivity (Wildman–Crippen MR) is 105 cm³/mol. The zero-order valence-electron chi connectivity index (χ0n) is 15.9. The van der Waals surface area contributed by atoms with Crippen molar-refractivity contribution in [3.63, 3.8) is 0 Å². The summed E-state index contributed by atoms with van der Waals surface area (Å²) in [5, 5.41) is 6.71. The van der Waals surface area contributed by atoms with Gasteiger partial charge in [-0.25, -0.2) is 0 Å². The van der Waals surface area contributed by atoms with Gasteiger partial charge in [-0.15, -0.1) is 0 Å². The van der Waals surface area contributed by atoms with Gasteiger partial charge in [-0.3, -0.25) is 24.0 Å². The van der Waals surface area contributed by atoms with Crippen molar-refractivity contribution in [1.29, 1.82) is 0 Å². The molecule has 1 N–H and O–H groups in total. The Kier molecular flexibility index (Phi) is 4.59. The second kappa shape index (κ2) is 7.23. The number of rotatable bonds is 5. The maximum absolute atomic E-state index is 12.9. The average Bonchev–Trinajstić information content (AvgIpc) is 3.24. The van der Waals surface area contributed by atoms with E-state index >= 15 is 0 Å². The van der Waals surface area contributed by atoms with Crippen LogP contribution in [0.5, 0.6) is 5.75 Å². The Morgan fingerprint density at radius 3 is 2.59 bits per heavy atom. The maximum Gasteiger partial charge on any atom is 0.261 e. The Morgan fingerprint density at radius 1 is 1.10 bits per heavy atom. The van der Waals surface area contributed by atoms with Crippen LogP contribution in [-0.2, 0) is 13.6 Å². The number of hydrogen-bond donors (Lipinski definition) is 1. The molecule has 1 aliphatic heterocycles. The van der Waals surface area contributed by atoms with Crippen LogP contribution in [0.1, 0.15) is 36.6 Å². The summed E-state index contributed by atoms with van der Waals surface area (Å²) < 4.78 is 6.87. The predicted octanol–water partition coefficient (Wildman–Crippen LogP) is 2.48. The molecule has 0 bridgehead atoms. The lowest BCUT2D eigenvalue weighted by atomic mass is 10.1. The van der Waals surface area contributed by atoms with Crippen LogP contribution in [0.25, 0.3) is 0 Å². The van der Waals surface area contributed by atoms with Crippen molar-refractivity contribution >= 4 is 23.4 Å². The third-order valence-corrected chi connectivity index (χ3v) is 4.72. The molecule has 2 heterocycles. The molecule has 0 radical (unpaired) electrons. The Labute approximate surface area is 166 Å². The molecule has 1 aliphatic rings. The molecule has 0 spiro atoms. The number of anilines is 1. The van der Waals surface area contributed by atoms with Crippen molar-refractivity contribution in [3.8, 4) is 5.75 Å². The first-order valence-electron chi connectivity index (χ1n) is 8.90. The number of carbonyl (C=O) groups is 3. The Hall–Kier alpha value is -3.94. The van der Waals surface area contributed by atoms with E-state index in [0.717, 1.165) is 10.5 Å². The Bertz CT molecular complexity index is 1140. The molecular weight excluding hydrogens is 372 g/mol. The maximum atomic E-state index is 12.9. The molecular formula is C21H18N4O4. The second-order valence-corrected chi connectivity index (χ2v) is 6.63. The van der Waals surface area contributed by atoms with E-state index in [4.69, 9.17) is 4.74 Å². The number of nitrogens with zero attached hydrogens (tertiary/aromatic N) is 3. The van der Waals surface area contributed by atoms with E-state index in [-0.39, 0.29) is 29.1 Å². The first-order valence-corrected chi connectivity index (χ1v) is 8.90. The van der Waals surface area contributed by atoms with Gasteiger partial charge in [-0.05, 0) is 24.3 Å². The first kappa shape index (κ1) is 18.4. The van der Waals surface area contributed by atoms with Gasteiger partial charge in [0.2, 0.25) is 0 Å². The van der Waals surface area contributed by atoms with E-state index in [1.54, 1.807) is 30.1 Å². The molecule has 2 aromatic carbocycles. The van der Waals surface area contributed by atoms with Gasteiger partial charge in [-0.2, -0.15) is 5.10 Å². The van der Waals surface area contributed by atoms with Crippen LogP contribution in [-0.4, -0.2) is 39.5 Å². The lowest BCUT2D eigenvalue weighted by Crippen LogP contribution is -2.29. The number of ether oxygens (including phenoxy) is 1. The molecule has 3 amide bonds. The number of benzene rings is 2. The molecule has 0 atom stereocenters. The van der Waals surface area contributed by atoms with Gasteiger partial charge < -0.3 is 10.1 Å². The fourth-order valence-corrected chi connectivity index (χ4v) is 3.27. The molecule has 0 saturated carbocycles. The molecule has 1 aromatic heterocycles. The van der Waals surface area contributed by atoms with Gasteiger partial charge in [0.15, 0.2) is 0 Å². The number of carbonyl (C=O) groups excluding carboxylic acids is 3. The van der Waals surface area contributed by atoms with Crippen LogP contribution in [0.2, 0.25) is 0 Å². The number of fused-ring (bicyclic) bond motifs is 1. The highest BCUT2D eigenvalue weighted by Gasteiger charge is 2.36. The van der Waals surface area contributed by atoms with Gasteiger partial charge >= 0.3 is 0 Å². The van der Waals surface area contributed by atoms with Crippen LogP contribution in [0, 0.1) is 0 Å². The normalized spacial score (nSPS) is 12.8. The number of hydrogen-bond acceptors (Lipinski definition) is 5. The van der Waals surface area contributed by atoms with Crippen LogP contribution in [0.3, 0.4) is 0 Å². The monoisotopic (exact) mass is 390 g/mol. The van der Waals surface area contributed by atoms with Gasteiger partial charge in [0, 0.05) is 24.4 Å². The SMILES string of the molecule is COc1ccccc1CN1C(=O)c2ccc(C(=O)Nc3cnn(C)c3)cc2C1=O. The van der Waals surface area contributed by atoms with Crippen molar-refractivity contribution in [1.82, 2.24) is 14.7 Å². The molecule has 0 aliphatic carbocycles. The first-order chi connectivity index (χ1) is 14.0. The van der Waals surface area contributed by atoms with Crippen LogP contribution in [0.4, 0.5) is 5.69 Å². The summed E-state index contributed by atoms with van der Waals surface area (Å²) in [6.45, 7) is 0.0908. The molecule has 0 saturated heterocycles. The molecule has 0 fully saturated rings. The number of nitrogens with one attached hydrogen (secondary N) is 1. The third kappa shape index (κ3) is 3.36. The summed E-state index contributed by atoms with van der Waals surface area (Å²) in [7, 11) is 3.28.